The number of rotatable bonds is 6. The molecule has 0 saturated carbocycles. The quantitative estimate of drug-likeness (QED) is 0.672. The number of urea groups is 1. The number of hydrogen-bond acceptors (Lipinski definition) is 7. The van der Waals surface area contributed by atoms with E-state index in [0.717, 1.165) is 15.4 Å². The monoisotopic (exact) mass is 361 g/mol. The number of aliphatic hydroxyl groups excluding tert-OH is 1. The fraction of sp³-hybridized carbons (Fsp3) is 0.375. The Hall–Kier alpha value is -2.52. The molecule has 132 valence electrons. The highest BCUT2D eigenvalue weighted by atomic mass is 32.1. The first kappa shape index (κ1) is 17.3. The molecule has 3 heterocycles. The molecular weight excluding hydrogens is 342 g/mol. The molecule has 0 aliphatic carbocycles. The van der Waals surface area contributed by atoms with E-state index in [9.17, 15) is 9.59 Å². The second-order valence-corrected chi connectivity index (χ2v) is 7.30. The summed E-state index contributed by atoms with van der Waals surface area (Å²) in [6.07, 6.45) is 1.64. The maximum atomic E-state index is 12.1. The van der Waals surface area contributed by atoms with Crippen LogP contribution in [0.15, 0.2) is 24.4 Å². The number of aliphatic hydroxyl groups is 1. The zero-order valence-electron chi connectivity index (χ0n) is 13.9. The van der Waals surface area contributed by atoms with Crippen molar-refractivity contribution in [3.63, 3.8) is 0 Å². The summed E-state index contributed by atoms with van der Waals surface area (Å²) in [6.45, 7) is 3.94. The highest BCUT2D eigenvalue weighted by Gasteiger charge is 2.43. The van der Waals surface area contributed by atoms with Crippen LogP contribution in [-0.2, 0) is 11.4 Å². The van der Waals surface area contributed by atoms with Gasteiger partial charge in [0, 0.05) is 24.2 Å². The van der Waals surface area contributed by atoms with Gasteiger partial charge in [-0.25, -0.2) is 14.8 Å². The molecule has 3 amide bonds. The minimum atomic E-state index is -0.864. The molecule has 9 heteroatoms. The number of carbonyl (C=O) groups is 2. The van der Waals surface area contributed by atoms with Gasteiger partial charge in [0.25, 0.3) is 5.91 Å². The van der Waals surface area contributed by atoms with E-state index in [0.29, 0.717) is 12.5 Å². The van der Waals surface area contributed by atoms with Gasteiger partial charge >= 0.3 is 6.03 Å². The molecule has 0 bridgehead atoms. The summed E-state index contributed by atoms with van der Waals surface area (Å²) in [5.74, 6) is 0.173. The number of amides is 3. The molecule has 0 radical (unpaired) electrons. The van der Waals surface area contributed by atoms with Crippen LogP contribution in [-0.4, -0.2) is 50.5 Å². The number of nitrogens with zero attached hydrogens (tertiary/aromatic N) is 3. The van der Waals surface area contributed by atoms with Gasteiger partial charge in [-0.15, -0.1) is 11.3 Å². The molecule has 0 aromatic carbocycles. The molecule has 25 heavy (non-hydrogen) atoms. The molecule has 1 aliphatic heterocycles. The molecule has 2 aromatic rings. The Balaban J connectivity index is 1.62. The van der Waals surface area contributed by atoms with E-state index in [-0.39, 0.29) is 25.1 Å². The number of aromatic nitrogens is 2. The maximum Gasteiger partial charge on any atom is 0.325 e. The summed E-state index contributed by atoms with van der Waals surface area (Å²) in [6, 6.07) is 5.16. The topological polar surface area (TPSA) is 107 Å². The van der Waals surface area contributed by atoms with Gasteiger partial charge in [-0.1, -0.05) is 0 Å². The van der Waals surface area contributed by atoms with Crippen LogP contribution in [0.1, 0.15) is 18.7 Å². The molecule has 0 atom stereocenters. The van der Waals surface area contributed by atoms with Crippen molar-refractivity contribution < 1.29 is 14.7 Å². The SMILES string of the molecule is CC1(C)NC(=O)N(CCNc2nccc(-c3ccc(CO)s3)n2)C1=O. The average molecular weight is 361 g/mol. The van der Waals surface area contributed by atoms with Crippen molar-refractivity contribution in [3.05, 3.63) is 29.3 Å². The van der Waals surface area contributed by atoms with Gasteiger partial charge in [0.1, 0.15) is 5.54 Å². The Labute approximate surface area is 148 Å². The highest BCUT2D eigenvalue weighted by Crippen LogP contribution is 2.26. The average Bonchev–Trinajstić information content (AvgIpc) is 3.13. The van der Waals surface area contributed by atoms with Crippen LogP contribution in [0, 0.1) is 0 Å². The highest BCUT2D eigenvalue weighted by molar-refractivity contribution is 7.15. The van der Waals surface area contributed by atoms with Gasteiger partial charge in [0.05, 0.1) is 17.2 Å². The lowest BCUT2D eigenvalue weighted by atomic mass is 10.1. The zero-order valence-corrected chi connectivity index (χ0v) is 14.8. The Morgan fingerprint density at radius 2 is 2.12 bits per heavy atom. The Morgan fingerprint density at radius 3 is 2.76 bits per heavy atom. The third-order valence-electron chi connectivity index (χ3n) is 3.79. The Kier molecular flexibility index (Phi) is 4.69. The van der Waals surface area contributed by atoms with Crippen LogP contribution in [0.5, 0.6) is 0 Å². The fourth-order valence-corrected chi connectivity index (χ4v) is 3.32. The Bertz CT molecular complexity index is 805. The van der Waals surface area contributed by atoms with E-state index in [2.05, 4.69) is 20.6 Å². The van der Waals surface area contributed by atoms with Crippen LogP contribution in [0.3, 0.4) is 0 Å². The smallest absolute Gasteiger partial charge is 0.325 e. The van der Waals surface area contributed by atoms with E-state index in [1.807, 2.05) is 12.1 Å². The van der Waals surface area contributed by atoms with E-state index in [1.54, 1.807) is 26.1 Å². The van der Waals surface area contributed by atoms with Crippen molar-refractivity contribution in [3.8, 4) is 10.6 Å². The molecule has 2 aromatic heterocycles. The van der Waals surface area contributed by atoms with Crippen molar-refractivity contribution in [1.82, 2.24) is 20.2 Å². The predicted octanol–water partition coefficient (Wildman–Crippen LogP) is 1.44. The van der Waals surface area contributed by atoms with Crippen LogP contribution >= 0.6 is 11.3 Å². The zero-order chi connectivity index (χ0) is 18.0. The standard InChI is InChI=1S/C16H19N5O3S/c1-16(2)13(23)21(15(24)20-16)8-7-18-14-17-6-5-11(19-14)12-4-3-10(9-22)25-12/h3-6,22H,7-9H2,1-2H3,(H,20,24)(H,17,18,19). The van der Waals surface area contributed by atoms with E-state index in [4.69, 9.17) is 5.11 Å². The molecule has 1 aliphatic rings. The lowest BCUT2D eigenvalue weighted by Crippen LogP contribution is -2.40. The second kappa shape index (κ2) is 6.77. The molecule has 1 saturated heterocycles. The van der Waals surface area contributed by atoms with Crippen LogP contribution < -0.4 is 10.6 Å². The van der Waals surface area contributed by atoms with Crippen molar-refractivity contribution in [2.24, 2.45) is 0 Å². The van der Waals surface area contributed by atoms with Crippen molar-refractivity contribution in [1.29, 1.82) is 0 Å². The summed E-state index contributed by atoms with van der Waals surface area (Å²) < 4.78 is 0. The molecule has 8 nitrogen and oxygen atoms in total. The molecule has 3 rings (SSSR count). The first-order chi connectivity index (χ1) is 11.9. The third-order valence-corrected chi connectivity index (χ3v) is 4.88. The summed E-state index contributed by atoms with van der Waals surface area (Å²) in [7, 11) is 0. The van der Waals surface area contributed by atoms with Crippen LogP contribution in [0.4, 0.5) is 10.7 Å². The molecule has 3 N–H and O–H groups in total. The van der Waals surface area contributed by atoms with Crippen molar-refractivity contribution in [2.45, 2.75) is 26.0 Å². The minimum absolute atomic E-state index is 0.00311. The number of imide groups is 1. The predicted molar refractivity (Wildman–Crippen MR) is 94.1 cm³/mol. The fourth-order valence-electron chi connectivity index (χ4n) is 2.48. The number of anilines is 1. The summed E-state index contributed by atoms with van der Waals surface area (Å²) >= 11 is 1.47. The van der Waals surface area contributed by atoms with Crippen LogP contribution in [0.2, 0.25) is 0 Å². The lowest BCUT2D eigenvalue weighted by Gasteiger charge is -2.16. The normalized spacial score (nSPS) is 16.2. The van der Waals surface area contributed by atoms with Gasteiger partial charge in [-0.05, 0) is 32.0 Å². The first-order valence-electron chi connectivity index (χ1n) is 7.81. The van der Waals surface area contributed by atoms with E-state index >= 15 is 0 Å². The number of hydrogen-bond donors (Lipinski definition) is 3. The minimum Gasteiger partial charge on any atom is -0.391 e. The summed E-state index contributed by atoms with van der Waals surface area (Å²) in [5.41, 5.74) is -0.116. The van der Waals surface area contributed by atoms with Crippen molar-refractivity contribution >= 4 is 29.2 Å². The Morgan fingerprint density at radius 1 is 1.32 bits per heavy atom. The molecule has 0 spiro atoms. The van der Waals surface area contributed by atoms with Gasteiger partial charge < -0.3 is 15.7 Å². The van der Waals surface area contributed by atoms with Gasteiger partial charge in [-0.2, -0.15) is 0 Å². The summed E-state index contributed by atoms with van der Waals surface area (Å²) in [4.78, 5) is 35.5. The molecule has 0 unspecified atom stereocenters. The number of nitrogens with one attached hydrogen (secondary N) is 2. The maximum absolute atomic E-state index is 12.1. The van der Waals surface area contributed by atoms with Gasteiger partial charge in [0.2, 0.25) is 5.95 Å². The largest absolute Gasteiger partial charge is 0.391 e. The first-order valence-corrected chi connectivity index (χ1v) is 8.63. The van der Waals surface area contributed by atoms with E-state index in [1.165, 1.54) is 16.2 Å². The van der Waals surface area contributed by atoms with Gasteiger partial charge in [0.15, 0.2) is 0 Å². The summed E-state index contributed by atoms with van der Waals surface area (Å²) in [5, 5.41) is 14.8. The number of carbonyl (C=O) groups excluding carboxylic acids is 2. The number of thiophene rings is 1. The second-order valence-electron chi connectivity index (χ2n) is 6.13. The molecular formula is C16H19N5O3S. The third kappa shape index (κ3) is 3.62. The van der Waals surface area contributed by atoms with Crippen LogP contribution in [0.25, 0.3) is 10.6 Å². The lowest BCUT2D eigenvalue weighted by molar-refractivity contribution is -0.130. The molecule has 1 fully saturated rings. The van der Waals surface area contributed by atoms with Crippen molar-refractivity contribution in [2.75, 3.05) is 18.4 Å². The van der Waals surface area contributed by atoms with E-state index < -0.39 is 5.54 Å². The van der Waals surface area contributed by atoms with Gasteiger partial charge in [-0.3, -0.25) is 9.69 Å².